The molecule has 0 aliphatic carbocycles. The second-order valence-corrected chi connectivity index (χ2v) is 7.56. The van der Waals surface area contributed by atoms with Crippen LogP contribution in [0.3, 0.4) is 0 Å². The minimum absolute atomic E-state index is 0.100. The Morgan fingerprint density at radius 2 is 2.19 bits per heavy atom. The van der Waals surface area contributed by atoms with E-state index < -0.39 is 9.84 Å². The first-order valence-electron chi connectivity index (χ1n) is 6.57. The van der Waals surface area contributed by atoms with Crippen molar-refractivity contribution in [2.24, 2.45) is 0 Å². The van der Waals surface area contributed by atoms with Crippen molar-refractivity contribution in [3.8, 4) is 0 Å². The predicted molar refractivity (Wildman–Crippen MR) is 82.2 cm³/mol. The van der Waals surface area contributed by atoms with Gasteiger partial charge in [0.05, 0.1) is 40.1 Å². The van der Waals surface area contributed by atoms with E-state index in [1.165, 1.54) is 6.33 Å². The molecule has 1 saturated heterocycles. The number of sulfone groups is 1. The van der Waals surface area contributed by atoms with Crippen molar-refractivity contribution < 1.29 is 8.42 Å². The summed E-state index contributed by atoms with van der Waals surface area (Å²) in [7, 11) is -1.15. The third-order valence-electron chi connectivity index (χ3n) is 3.93. The van der Waals surface area contributed by atoms with Gasteiger partial charge < -0.3 is 15.6 Å². The topological polar surface area (TPSA) is 109 Å². The quantitative estimate of drug-likeness (QED) is 0.763. The van der Waals surface area contributed by atoms with Gasteiger partial charge in [-0.1, -0.05) is 0 Å². The molecule has 0 spiro atoms. The molecule has 1 unspecified atom stereocenters. The summed E-state index contributed by atoms with van der Waals surface area (Å²) in [6, 6.07) is 3.21. The van der Waals surface area contributed by atoms with E-state index in [1.807, 2.05) is 11.9 Å². The van der Waals surface area contributed by atoms with Gasteiger partial charge in [-0.3, -0.25) is 4.79 Å². The molecule has 1 atom stereocenters. The molecule has 1 aliphatic heterocycles. The molecule has 0 radical (unpaired) electrons. The van der Waals surface area contributed by atoms with Crippen LogP contribution in [0.15, 0.2) is 23.3 Å². The van der Waals surface area contributed by atoms with Crippen LogP contribution in [0.2, 0.25) is 0 Å². The normalized spacial score (nSPS) is 20.7. The highest BCUT2D eigenvalue weighted by Gasteiger charge is 2.31. The maximum atomic E-state index is 11.7. The SMILES string of the molecule is CN(c1cc2nc[nH]c(=O)c2cc1N)C1CCS(=O)(=O)C1. The molecule has 3 N–H and O–H groups in total. The molecule has 1 aliphatic rings. The van der Waals surface area contributed by atoms with Crippen LogP contribution in [0.4, 0.5) is 11.4 Å². The van der Waals surface area contributed by atoms with Crippen LogP contribution in [0.25, 0.3) is 10.9 Å². The lowest BCUT2D eigenvalue weighted by atomic mass is 10.1. The van der Waals surface area contributed by atoms with E-state index in [-0.39, 0.29) is 23.1 Å². The second kappa shape index (κ2) is 4.73. The zero-order chi connectivity index (χ0) is 15.2. The van der Waals surface area contributed by atoms with E-state index in [0.717, 1.165) is 0 Å². The highest BCUT2D eigenvalue weighted by Crippen LogP contribution is 2.30. The summed E-state index contributed by atoms with van der Waals surface area (Å²) in [4.78, 5) is 20.2. The van der Waals surface area contributed by atoms with Crippen molar-refractivity contribution in [1.82, 2.24) is 9.97 Å². The first-order chi connectivity index (χ1) is 9.87. The molecule has 0 bridgehead atoms. The Kier molecular flexibility index (Phi) is 3.12. The van der Waals surface area contributed by atoms with Crippen LogP contribution in [0.1, 0.15) is 6.42 Å². The number of rotatable bonds is 2. The van der Waals surface area contributed by atoms with E-state index in [9.17, 15) is 13.2 Å². The van der Waals surface area contributed by atoms with E-state index in [0.29, 0.717) is 28.7 Å². The fourth-order valence-corrected chi connectivity index (χ4v) is 4.48. The minimum atomic E-state index is -2.96. The molecular formula is C13H16N4O3S. The summed E-state index contributed by atoms with van der Waals surface area (Å²) in [5, 5.41) is 0.422. The first kappa shape index (κ1) is 13.9. The van der Waals surface area contributed by atoms with Gasteiger partial charge in [0.2, 0.25) is 0 Å². The lowest BCUT2D eigenvalue weighted by Gasteiger charge is -2.27. The number of nitrogens with two attached hydrogens (primary N) is 1. The number of aromatic nitrogens is 2. The summed E-state index contributed by atoms with van der Waals surface area (Å²) in [6.45, 7) is 0. The van der Waals surface area contributed by atoms with Gasteiger partial charge in [-0.05, 0) is 18.6 Å². The zero-order valence-corrected chi connectivity index (χ0v) is 12.4. The van der Waals surface area contributed by atoms with Crippen LogP contribution < -0.4 is 16.2 Å². The summed E-state index contributed by atoms with van der Waals surface area (Å²) in [6.07, 6.45) is 1.92. The number of benzene rings is 1. The monoisotopic (exact) mass is 308 g/mol. The van der Waals surface area contributed by atoms with Crippen LogP contribution in [-0.4, -0.2) is 43.0 Å². The molecule has 8 heteroatoms. The molecule has 112 valence electrons. The van der Waals surface area contributed by atoms with Gasteiger partial charge >= 0.3 is 0 Å². The second-order valence-electron chi connectivity index (χ2n) is 5.33. The average Bonchev–Trinajstić information content (AvgIpc) is 2.79. The Morgan fingerprint density at radius 1 is 1.43 bits per heavy atom. The number of H-pyrrole nitrogens is 1. The third-order valence-corrected chi connectivity index (χ3v) is 5.68. The number of hydrogen-bond acceptors (Lipinski definition) is 6. The van der Waals surface area contributed by atoms with Crippen molar-refractivity contribution in [2.75, 3.05) is 29.2 Å². The number of hydrogen-bond donors (Lipinski definition) is 2. The Morgan fingerprint density at radius 3 is 2.86 bits per heavy atom. The maximum Gasteiger partial charge on any atom is 0.258 e. The van der Waals surface area contributed by atoms with Crippen LogP contribution >= 0.6 is 0 Å². The van der Waals surface area contributed by atoms with Gasteiger partial charge in [-0.2, -0.15) is 0 Å². The molecule has 7 nitrogen and oxygen atoms in total. The predicted octanol–water partition coefficient (Wildman–Crippen LogP) is 0.129. The number of nitrogens with one attached hydrogen (secondary N) is 1. The van der Waals surface area contributed by atoms with Crippen molar-refractivity contribution in [1.29, 1.82) is 0 Å². The van der Waals surface area contributed by atoms with Gasteiger partial charge in [0.25, 0.3) is 5.56 Å². The first-order valence-corrected chi connectivity index (χ1v) is 8.40. The number of fused-ring (bicyclic) bond motifs is 1. The number of aromatic amines is 1. The van der Waals surface area contributed by atoms with Crippen LogP contribution in [0.5, 0.6) is 0 Å². The molecule has 1 fully saturated rings. The van der Waals surface area contributed by atoms with Crippen molar-refractivity contribution in [3.63, 3.8) is 0 Å². The Hall–Kier alpha value is -2.09. The lowest BCUT2D eigenvalue weighted by molar-refractivity contribution is 0.601. The average molecular weight is 308 g/mol. The maximum absolute atomic E-state index is 11.7. The van der Waals surface area contributed by atoms with Gasteiger partial charge in [0.1, 0.15) is 0 Å². The molecule has 0 saturated carbocycles. The number of anilines is 2. The fraction of sp³-hybridized carbons (Fsp3) is 0.385. The van der Waals surface area contributed by atoms with Gasteiger partial charge in [0, 0.05) is 13.1 Å². The minimum Gasteiger partial charge on any atom is -0.397 e. The third kappa shape index (κ3) is 2.46. The molecule has 21 heavy (non-hydrogen) atoms. The van der Waals surface area contributed by atoms with E-state index in [1.54, 1.807) is 12.1 Å². The number of nitrogen functional groups attached to an aromatic ring is 1. The number of nitrogens with zero attached hydrogens (tertiary/aromatic N) is 2. The summed E-state index contributed by atoms with van der Waals surface area (Å²) < 4.78 is 23.2. The standard InChI is InChI=1S/C13H16N4O3S/c1-17(8-2-3-21(19,20)6-8)12-5-11-9(4-10(12)14)13(18)16-7-15-11/h4-5,7-8H,2-3,6,14H2,1H3,(H,15,16,18). The Balaban J connectivity index is 2.04. The molecular weight excluding hydrogens is 292 g/mol. The van der Waals surface area contributed by atoms with Crippen molar-refractivity contribution in [3.05, 3.63) is 28.8 Å². The largest absolute Gasteiger partial charge is 0.397 e. The molecule has 2 aromatic rings. The van der Waals surface area contributed by atoms with Gasteiger partial charge in [-0.25, -0.2) is 13.4 Å². The molecule has 0 amide bonds. The summed E-state index contributed by atoms with van der Waals surface area (Å²) in [5.74, 6) is 0.331. The smallest absolute Gasteiger partial charge is 0.258 e. The van der Waals surface area contributed by atoms with Gasteiger partial charge in [-0.15, -0.1) is 0 Å². The van der Waals surface area contributed by atoms with E-state index >= 15 is 0 Å². The highest BCUT2D eigenvalue weighted by atomic mass is 32.2. The van der Waals surface area contributed by atoms with Crippen LogP contribution in [0, 0.1) is 0 Å². The molecule has 1 aromatic heterocycles. The summed E-state index contributed by atoms with van der Waals surface area (Å²) >= 11 is 0. The van der Waals surface area contributed by atoms with Crippen molar-refractivity contribution in [2.45, 2.75) is 12.5 Å². The molecule has 3 rings (SSSR count). The summed E-state index contributed by atoms with van der Waals surface area (Å²) in [5.41, 5.74) is 7.45. The van der Waals surface area contributed by atoms with Crippen LogP contribution in [-0.2, 0) is 9.84 Å². The highest BCUT2D eigenvalue weighted by molar-refractivity contribution is 7.91. The molecule has 1 aromatic carbocycles. The Labute approximate surface area is 121 Å². The fourth-order valence-electron chi connectivity index (χ4n) is 2.70. The van der Waals surface area contributed by atoms with E-state index in [4.69, 9.17) is 5.73 Å². The zero-order valence-electron chi connectivity index (χ0n) is 11.5. The molecule has 2 heterocycles. The lowest BCUT2D eigenvalue weighted by Crippen LogP contribution is -2.33. The van der Waals surface area contributed by atoms with E-state index in [2.05, 4.69) is 9.97 Å². The van der Waals surface area contributed by atoms with Crippen molar-refractivity contribution >= 4 is 32.1 Å². The Bertz CT molecular complexity index is 859. The van der Waals surface area contributed by atoms with Gasteiger partial charge in [0.15, 0.2) is 9.84 Å².